The van der Waals surface area contributed by atoms with E-state index in [0.29, 0.717) is 60.7 Å². The van der Waals surface area contributed by atoms with E-state index in [1.807, 2.05) is 48.0 Å². The average Bonchev–Trinajstić information content (AvgIpc) is 1.19. The number of rotatable bonds is 31. The molecule has 18 nitrogen and oxygen atoms in total. The van der Waals surface area contributed by atoms with Crippen LogP contribution < -0.4 is 25.6 Å². The smallest absolute Gasteiger partial charge is 0.385 e. The van der Waals surface area contributed by atoms with Crippen LogP contribution in [0.2, 0.25) is 0 Å². The van der Waals surface area contributed by atoms with Crippen molar-refractivity contribution in [3.8, 4) is 0 Å². The third kappa shape index (κ3) is 18.7. The lowest BCUT2D eigenvalue weighted by Crippen LogP contribution is -2.47. The molecule has 24 heteroatoms. The molecule has 490 valence electrons. The molecule has 3 fully saturated rings. The van der Waals surface area contributed by atoms with E-state index < -0.39 is 70.7 Å². The summed E-state index contributed by atoms with van der Waals surface area (Å²) in [4.78, 5) is 70.5. The van der Waals surface area contributed by atoms with E-state index in [1.54, 1.807) is 42.3 Å². The van der Waals surface area contributed by atoms with Gasteiger partial charge in [0.2, 0.25) is 18.7 Å². The third-order valence-corrected chi connectivity index (χ3v) is 22.2. The molecule has 4 N–H and O–H groups in total. The number of carbonyl (C=O) groups excluding carboxylic acids is 5. The maximum absolute atomic E-state index is 14.5. The van der Waals surface area contributed by atoms with E-state index >= 15 is 0 Å². The van der Waals surface area contributed by atoms with Gasteiger partial charge >= 0.3 is 5.51 Å². The number of thioether (sulfide) groups is 1. The first kappa shape index (κ1) is 69.6. The number of carbonyl (C=O) groups is 5. The van der Waals surface area contributed by atoms with Crippen LogP contribution in [-0.4, -0.2) is 169 Å². The quantitative estimate of drug-likeness (QED) is 0.0159. The number of imide groups is 2. The van der Waals surface area contributed by atoms with Gasteiger partial charge in [0.1, 0.15) is 4.90 Å². The molecule has 2 heterocycles. The number of piperazine rings is 2. The summed E-state index contributed by atoms with van der Waals surface area (Å²) in [5.41, 5.74) is 0.145. The van der Waals surface area contributed by atoms with Crippen molar-refractivity contribution >= 4 is 79.2 Å². The Bertz CT molecular complexity index is 3390. The standard InChI is InChI=1S/C66H88F3N9O9S3/c1-6-49-40-57(49)58-42-65(4,5)28-26-51(58)43-76-36-38-77(39-37-76)53-21-19-50(20-22-53)63(82)73-90(86,87)55-23-24-60(61(41-55)89(84,85)66(67,68)69)72-52(44-88-54-14-9-7-10-15-54)27-31-75-34-32-74(33-35-75)30-12-8-11-29-70-59-17-13-16-56(48(59)3)64(83)78(46-80)47(2)18-25-62(81)71-45-79/h7,9-10,13-17,19-24,41,45-47,49,52,57,70,72H,6,8,11-12,18,25-40,42-44H2,1-5H3,(H,73,82)(H,71,79,81). The first-order chi connectivity index (χ1) is 42.9. The van der Waals surface area contributed by atoms with E-state index in [2.05, 4.69) is 56.3 Å². The van der Waals surface area contributed by atoms with E-state index in [1.165, 1.54) is 49.6 Å². The number of nitrogens with one attached hydrogen (secondary N) is 4. The highest BCUT2D eigenvalue weighted by Gasteiger charge is 2.49. The van der Waals surface area contributed by atoms with Gasteiger partial charge in [-0.05, 0) is 161 Å². The van der Waals surface area contributed by atoms with Gasteiger partial charge in [0.05, 0.1) is 10.6 Å². The van der Waals surface area contributed by atoms with Crippen LogP contribution >= 0.6 is 11.8 Å². The van der Waals surface area contributed by atoms with Crippen LogP contribution in [0.15, 0.2) is 117 Å². The van der Waals surface area contributed by atoms with Crippen molar-refractivity contribution in [2.45, 2.75) is 138 Å². The summed E-state index contributed by atoms with van der Waals surface area (Å²) in [6.07, 6.45) is 10.1. The van der Waals surface area contributed by atoms with Crippen molar-refractivity contribution in [2.75, 3.05) is 99.8 Å². The molecule has 4 aliphatic rings. The highest BCUT2D eigenvalue weighted by Crippen LogP contribution is 2.53. The van der Waals surface area contributed by atoms with Crippen molar-refractivity contribution in [1.29, 1.82) is 0 Å². The van der Waals surface area contributed by atoms with Crippen molar-refractivity contribution in [1.82, 2.24) is 29.6 Å². The lowest BCUT2D eigenvalue weighted by atomic mass is 9.72. The summed E-state index contributed by atoms with van der Waals surface area (Å²) in [6.45, 7) is 19.9. The second kappa shape index (κ2) is 31.3. The maximum atomic E-state index is 14.5. The minimum atomic E-state index is -6.12. The number of amides is 5. The first-order valence-corrected chi connectivity index (χ1v) is 35.4. The summed E-state index contributed by atoms with van der Waals surface area (Å²) >= 11 is 1.45. The van der Waals surface area contributed by atoms with E-state index in [9.17, 15) is 54.0 Å². The topological polar surface area (TPSA) is 218 Å². The number of benzene rings is 4. The highest BCUT2D eigenvalue weighted by atomic mass is 32.2. The van der Waals surface area contributed by atoms with Gasteiger partial charge in [0.15, 0.2) is 0 Å². The molecule has 4 unspecified atom stereocenters. The molecule has 0 radical (unpaired) electrons. The molecule has 2 aliphatic heterocycles. The third-order valence-electron chi connectivity index (χ3n) is 18.2. The Morgan fingerprint density at radius 1 is 0.811 bits per heavy atom. The summed E-state index contributed by atoms with van der Waals surface area (Å²) in [5.74, 6) is -0.121. The number of unbranched alkanes of at least 4 members (excludes halogenated alkanes) is 2. The molecule has 8 rings (SSSR count). The normalized spacial score (nSPS) is 19.1. The Morgan fingerprint density at radius 3 is 2.16 bits per heavy atom. The molecule has 1 saturated carbocycles. The van der Waals surface area contributed by atoms with Crippen molar-refractivity contribution in [3.05, 3.63) is 119 Å². The maximum Gasteiger partial charge on any atom is 0.501 e. The number of allylic oxidation sites excluding steroid dienone is 1. The molecule has 0 aromatic heterocycles. The summed E-state index contributed by atoms with van der Waals surface area (Å²) in [6, 6.07) is 22.5. The van der Waals surface area contributed by atoms with Gasteiger partial charge in [0.25, 0.3) is 31.7 Å². The molecule has 4 aromatic rings. The van der Waals surface area contributed by atoms with E-state index in [0.717, 1.165) is 136 Å². The monoisotopic (exact) mass is 1300 g/mol. The fraction of sp³-hybridized carbons (Fsp3) is 0.530. The molecular formula is C66H88F3N9O9S3. The molecule has 4 atom stereocenters. The molecule has 0 bridgehead atoms. The van der Waals surface area contributed by atoms with Crippen LogP contribution in [0.1, 0.15) is 125 Å². The van der Waals surface area contributed by atoms with Gasteiger partial charge in [-0.25, -0.2) is 21.6 Å². The fourth-order valence-electron chi connectivity index (χ4n) is 12.4. The van der Waals surface area contributed by atoms with Crippen LogP contribution in [0, 0.1) is 24.2 Å². The Kier molecular flexibility index (Phi) is 24.2. The Balaban J connectivity index is 0.826. The van der Waals surface area contributed by atoms with Crippen molar-refractivity contribution < 1.29 is 54.0 Å². The largest absolute Gasteiger partial charge is 0.501 e. The summed E-state index contributed by atoms with van der Waals surface area (Å²) in [5, 5.41) is 8.53. The second-order valence-corrected chi connectivity index (χ2v) is 29.8. The number of sulfone groups is 1. The van der Waals surface area contributed by atoms with E-state index in [-0.39, 0.29) is 18.4 Å². The molecule has 90 heavy (non-hydrogen) atoms. The van der Waals surface area contributed by atoms with Crippen LogP contribution in [0.3, 0.4) is 0 Å². The minimum absolute atomic E-state index is 0.000761. The Morgan fingerprint density at radius 2 is 1.50 bits per heavy atom. The predicted octanol–water partition coefficient (Wildman–Crippen LogP) is 9.98. The van der Waals surface area contributed by atoms with Gasteiger partial charge in [0, 0.05) is 124 Å². The molecule has 5 amide bonds. The van der Waals surface area contributed by atoms with Crippen LogP contribution in [0.4, 0.5) is 30.2 Å². The number of nitrogens with zero attached hydrogens (tertiary/aromatic N) is 5. The zero-order valence-electron chi connectivity index (χ0n) is 52.4. The molecule has 0 spiro atoms. The number of anilines is 3. The number of hydrogen-bond acceptors (Lipinski definition) is 16. The number of halogens is 3. The molecule has 2 saturated heterocycles. The van der Waals surface area contributed by atoms with E-state index in [4.69, 9.17) is 0 Å². The zero-order valence-corrected chi connectivity index (χ0v) is 54.8. The lowest BCUT2D eigenvalue weighted by molar-refractivity contribution is -0.126. The van der Waals surface area contributed by atoms with Gasteiger partial charge in [-0.15, -0.1) is 11.8 Å². The first-order valence-electron chi connectivity index (χ1n) is 31.4. The van der Waals surface area contributed by atoms with Crippen LogP contribution in [0.25, 0.3) is 0 Å². The highest BCUT2D eigenvalue weighted by molar-refractivity contribution is 7.99. The minimum Gasteiger partial charge on any atom is -0.385 e. The number of hydrogen-bond donors (Lipinski definition) is 4. The van der Waals surface area contributed by atoms with Crippen molar-refractivity contribution in [3.63, 3.8) is 0 Å². The summed E-state index contributed by atoms with van der Waals surface area (Å²) in [7, 11) is -11.0. The van der Waals surface area contributed by atoms with Gasteiger partial charge < -0.3 is 25.3 Å². The summed E-state index contributed by atoms with van der Waals surface area (Å²) < 4.78 is 99.8. The molecular weight excluding hydrogens is 1220 g/mol. The Hall–Kier alpha value is -6.31. The lowest BCUT2D eigenvalue weighted by Gasteiger charge is -2.39. The predicted molar refractivity (Wildman–Crippen MR) is 347 cm³/mol. The van der Waals surface area contributed by atoms with Crippen LogP contribution in [-0.2, 0) is 34.2 Å². The SMILES string of the molecule is CCC1CC1C1=C(CN2CCN(c3ccc(C(=O)NS(=O)(=O)c4ccc(NC(CCN5CCN(CCCCCNc6cccc(C(=O)N(C=O)C(C)CCC(=O)NC=O)c6C)CC5)CSc5ccccc5)c(S(=O)(=O)C(F)(F)F)c4)cc3)CC2)CCC(C)(C)C1. The average molecular weight is 1300 g/mol. The zero-order chi connectivity index (χ0) is 64.8. The fourth-order valence-corrected chi connectivity index (χ4v) is 15.5. The number of alkyl halides is 3. The van der Waals surface area contributed by atoms with Gasteiger partial charge in [-0.3, -0.25) is 39.1 Å². The Labute approximate surface area is 533 Å². The van der Waals surface area contributed by atoms with Crippen LogP contribution in [0.5, 0.6) is 0 Å². The van der Waals surface area contributed by atoms with Gasteiger partial charge in [-0.1, -0.05) is 69.0 Å². The molecule has 4 aromatic carbocycles. The van der Waals surface area contributed by atoms with Crippen molar-refractivity contribution in [2.24, 2.45) is 17.3 Å². The molecule has 2 aliphatic carbocycles. The number of sulfonamides is 1. The second-order valence-electron chi connectivity index (χ2n) is 25.1. The van der Waals surface area contributed by atoms with Gasteiger partial charge in [-0.2, -0.15) is 13.2 Å².